The van der Waals surface area contributed by atoms with Gasteiger partial charge in [0, 0.05) is 24.9 Å². The summed E-state index contributed by atoms with van der Waals surface area (Å²) in [5.74, 6) is 7.61. The van der Waals surface area contributed by atoms with Gasteiger partial charge in [-0.2, -0.15) is 5.10 Å². The largest absolute Gasteiger partial charge is 0.341 e. The summed E-state index contributed by atoms with van der Waals surface area (Å²) in [5, 5.41) is 5.28. The first-order valence-corrected chi connectivity index (χ1v) is 11.8. The van der Waals surface area contributed by atoms with Crippen molar-refractivity contribution in [3.63, 3.8) is 0 Å². The SMILES string of the molecule is CC#CCn1c(N2CCCC(N)C2)nc2cnn(CC3=Nc4ccccc4CS3)c(=O)c21. The van der Waals surface area contributed by atoms with Crippen LogP contribution in [0.1, 0.15) is 25.3 Å². The van der Waals surface area contributed by atoms with Crippen molar-refractivity contribution in [1.82, 2.24) is 19.3 Å². The van der Waals surface area contributed by atoms with E-state index >= 15 is 0 Å². The number of para-hydroxylation sites is 1. The third-order valence-corrected chi connectivity index (χ3v) is 6.81. The van der Waals surface area contributed by atoms with E-state index in [1.807, 2.05) is 22.8 Å². The Hall–Kier alpha value is -3.09. The molecule has 0 spiro atoms. The number of nitrogens with zero attached hydrogens (tertiary/aromatic N) is 6. The maximum Gasteiger partial charge on any atom is 0.293 e. The molecule has 1 atom stereocenters. The van der Waals surface area contributed by atoms with E-state index < -0.39 is 0 Å². The van der Waals surface area contributed by atoms with Crippen molar-refractivity contribution >= 4 is 39.5 Å². The number of nitrogens with two attached hydrogens (primary N) is 1. The smallest absolute Gasteiger partial charge is 0.293 e. The van der Waals surface area contributed by atoms with Crippen molar-refractivity contribution in [3.05, 3.63) is 46.4 Å². The van der Waals surface area contributed by atoms with Gasteiger partial charge in [-0.05, 0) is 31.4 Å². The van der Waals surface area contributed by atoms with Crippen molar-refractivity contribution in [2.75, 3.05) is 18.0 Å². The summed E-state index contributed by atoms with van der Waals surface area (Å²) < 4.78 is 3.39. The summed E-state index contributed by atoms with van der Waals surface area (Å²) >= 11 is 1.64. The minimum atomic E-state index is -0.178. The zero-order chi connectivity index (χ0) is 22.1. The highest BCUT2D eigenvalue weighted by Gasteiger charge is 2.24. The van der Waals surface area contributed by atoms with E-state index in [4.69, 9.17) is 15.7 Å². The normalized spacial score (nSPS) is 18.1. The number of hydrogen-bond donors (Lipinski definition) is 1. The van der Waals surface area contributed by atoms with Crippen LogP contribution in [0.25, 0.3) is 11.0 Å². The fraction of sp³-hybridized carbons (Fsp3) is 0.391. The average Bonchev–Trinajstić information content (AvgIpc) is 3.19. The third kappa shape index (κ3) is 3.92. The second-order valence-corrected chi connectivity index (χ2v) is 9.09. The molecule has 1 fully saturated rings. The number of anilines is 1. The molecule has 8 nitrogen and oxygen atoms in total. The van der Waals surface area contributed by atoms with E-state index in [1.54, 1.807) is 24.9 Å². The van der Waals surface area contributed by atoms with Crippen LogP contribution in [0.15, 0.2) is 40.2 Å². The van der Waals surface area contributed by atoms with Crippen LogP contribution in [0.5, 0.6) is 0 Å². The maximum absolute atomic E-state index is 13.5. The Kier molecular flexibility index (Phi) is 5.72. The van der Waals surface area contributed by atoms with E-state index in [1.165, 1.54) is 10.2 Å². The number of imidazole rings is 1. The molecule has 0 amide bonds. The lowest BCUT2D eigenvalue weighted by atomic mass is 10.1. The minimum absolute atomic E-state index is 0.105. The van der Waals surface area contributed by atoms with Crippen LogP contribution in [0.3, 0.4) is 0 Å². The summed E-state index contributed by atoms with van der Waals surface area (Å²) in [6.45, 7) is 4.12. The van der Waals surface area contributed by atoms with Gasteiger partial charge in [0.15, 0.2) is 0 Å². The molecular formula is C23H25N7OS. The van der Waals surface area contributed by atoms with Crippen molar-refractivity contribution in [2.24, 2.45) is 10.7 Å². The van der Waals surface area contributed by atoms with Gasteiger partial charge in [0.1, 0.15) is 11.0 Å². The van der Waals surface area contributed by atoms with Crippen molar-refractivity contribution in [3.8, 4) is 11.8 Å². The molecule has 0 bridgehead atoms. The fourth-order valence-corrected chi connectivity index (χ4v) is 5.15. The Labute approximate surface area is 190 Å². The summed E-state index contributed by atoms with van der Waals surface area (Å²) in [4.78, 5) is 25.1. The Bertz CT molecular complexity index is 1310. The van der Waals surface area contributed by atoms with E-state index in [2.05, 4.69) is 27.9 Å². The molecule has 4 heterocycles. The van der Waals surface area contributed by atoms with Crippen LogP contribution in [0, 0.1) is 11.8 Å². The fourth-order valence-electron chi connectivity index (χ4n) is 4.21. The lowest BCUT2D eigenvalue weighted by molar-refractivity contribution is 0.496. The molecule has 1 saturated heterocycles. The Morgan fingerprint density at radius 3 is 3.03 bits per heavy atom. The van der Waals surface area contributed by atoms with Gasteiger partial charge < -0.3 is 10.6 Å². The number of piperidine rings is 1. The summed E-state index contributed by atoms with van der Waals surface area (Å²) in [6, 6.07) is 8.19. The molecule has 5 rings (SSSR count). The van der Waals surface area contributed by atoms with Crippen molar-refractivity contribution in [2.45, 2.75) is 44.6 Å². The molecule has 0 radical (unpaired) electrons. The zero-order valence-electron chi connectivity index (χ0n) is 18.0. The number of aromatic nitrogens is 4. The van der Waals surface area contributed by atoms with E-state index in [0.717, 1.165) is 48.4 Å². The van der Waals surface area contributed by atoms with Crippen LogP contribution < -0.4 is 16.2 Å². The molecule has 1 aromatic carbocycles. The van der Waals surface area contributed by atoms with Crippen LogP contribution >= 0.6 is 11.8 Å². The lowest BCUT2D eigenvalue weighted by Crippen LogP contribution is -2.44. The summed E-state index contributed by atoms with van der Waals surface area (Å²) in [6.07, 6.45) is 3.68. The van der Waals surface area contributed by atoms with Crippen LogP contribution in [-0.2, 0) is 18.8 Å². The highest BCUT2D eigenvalue weighted by atomic mass is 32.2. The summed E-state index contributed by atoms with van der Waals surface area (Å²) in [5.41, 5.74) is 9.30. The molecule has 9 heteroatoms. The van der Waals surface area contributed by atoms with Gasteiger partial charge in [-0.3, -0.25) is 9.36 Å². The molecule has 2 aromatic heterocycles. The van der Waals surface area contributed by atoms with Gasteiger partial charge in [0.2, 0.25) is 5.95 Å². The second kappa shape index (κ2) is 8.81. The second-order valence-electron chi connectivity index (χ2n) is 8.04. The van der Waals surface area contributed by atoms with Crippen LogP contribution in [0.2, 0.25) is 0 Å². The molecule has 2 N–H and O–H groups in total. The highest BCUT2D eigenvalue weighted by Crippen LogP contribution is 2.31. The predicted molar refractivity (Wildman–Crippen MR) is 129 cm³/mol. The molecule has 164 valence electrons. The first-order valence-electron chi connectivity index (χ1n) is 10.8. The topological polar surface area (TPSA) is 94.3 Å². The average molecular weight is 448 g/mol. The first-order chi connectivity index (χ1) is 15.6. The highest BCUT2D eigenvalue weighted by molar-refractivity contribution is 8.13. The lowest BCUT2D eigenvalue weighted by Gasteiger charge is -2.31. The van der Waals surface area contributed by atoms with E-state index in [-0.39, 0.29) is 11.6 Å². The van der Waals surface area contributed by atoms with Crippen molar-refractivity contribution in [1.29, 1.82) is 0 Å². The van der Waals surface area contributed by atoms with E-state index in [0.29, 0.717) is 24.1 Å². The van der Waals surface area contributed by atoms with Gasteiger partial charge in [0.05, 0.1) is 30.0 Å². The predicted octanol–water partition coefficient (Wildman–Crippen LogP) is 2.52. The van der Waals surface area contributed by atoms with Crippen molar-refractivity contribution < 1.29 is 0 Å². The first kappa shape index (κ1) is 20.8. The molecular weight excluding hydrogens is 422 g/mol. The molecule has 2 aliphatic heterocycles. The number of rotatable bonds is 4. The molecule has 0 aliphatic carbocycles. The Morgan fingerprint density at radius 2 is 2.19 bits per heavy atom. The standard InChI is InChI=1S/C23H25N7OS/c1-2-3-11-29-21-19(27-23(29)28-10-6-8-17(24)13-28)12-25-30(22(21)31)14-20-26-18-9-5-4-7-16(18)15-32-20/h4-5,7,9,12,17H,6,8,10-11,13-15,24H2,1H3. The number of aliphatic imine (C=N–C) groups is 1. The van der Waals surface area contributed by atoms with E-state index in [9.17, 15) is 4.79 Å². The van der Waals surface area contributed by atoms with Gasteiger partial charge >= 0.3 is 0 Å². The number of benzene rings is 1. The molecule has 1 unspecified atom stereocenters. The number of hydrogen-bond acceptors (Lipinski definition) is 7. The Morgan fingerprint density at radius 1 is 1.31 bits per heavy atom. The molecule has 32 heavy (non-hydrogen) atoms. The number of thioether (sulfide) groups is 1. The van der Waals surface area contributed by atoms with Gasteiger partial charge in [-0.1, -0.05) is 24.1 Å². The number of fused-ring (bicyclic) bond motifs is 2. The van der Waals surface area contributed by atoms with Crippen LogP contribution in [0.4, 0.5) is 11.6 Å². The molecule has 3 aromatic rings. The van der Waals surface area contributed by atoms with Gasteiger partial charge in [0.25, 0.3) is 5.56 Å². The van der Waals surface area contributed by atoms with Gasteiger partial charge in [-0.15, -0.1) is 17.7 Å². The molecule has 2 aliphatic rings. The molecule has 0 saturated carbocycles. The maximum atomic E-state index is 13.5. The zero-order valence-corrected chi connectivity index (χ0v) is 18.8. The Balaban J connectivity index is 1.54. The minimum Gasteiger partial charge on any atom is -0.341 e. The quantitative estimate of drug-likeness (QED) is 0.618. The third-order valence-electron chi connectivity index (χ3n) is 5.80. The monoisotopic (exact) mass is 447 g/mol. The van der Waals surface area contributed by atoms with Gasteiger partial charge in [-0.25, -0.2) is 14.7 Å². The van der Waals surface area contributed by atoms with Crippen LogP contribution in [-0.4, -0.2) is 43.5 Å². The summed E-state index contributed by atoms with van der Waals surface area (Å²) in [7, 11) is 0.